The molecule has 2 bridgehead atoms. The fourth-order valence-electron chi connectivity index (χ4n) is 5.60. The van der Waals surface area contributed by atoms with E-state index in [0.717, 1.165) is 0 Å². The van der Waals surface area contributed by atoms with Crippen LogP contribution in [0, 0.1) is 0 Å². The highest BCUT2D eigenvalue weighted by Crippen LogP contribution is 2.61. The minimum absolute atomic E-state index is 0.0329. The first-order valence-corrected chi connectivity index (χ1v) is 9.65. The van der Waals surface area contributed by atoms with Crippen LogP contribution >= 0.6 is 0 Å². The summed E-state index contributed by atoms with van der Waals surface area (Å²) < 4.78 is 0. The molecule has 0 aromatic heterocycles. The molecule has 27 heavy (non-hydrogen) atoms. The maximum absolute atomic E-state index is 12.6. The van der Waals surface area contributed by atoms with Gasteiger partial charge in [0.05, 0.1) is 5.57 Å². The fraction of sp³-hybridized carbons (Fsp3) is 0.348. The number of hydrogen-bond donors (Lipinski definition) is 1. The zero-order valence-electron chi connectivity index (χ0n) is 14.9. The van der Waals surface area contributed by atoms with Crippen LogP contribution in [-0.2, 0) is 14.6 Å². The van der Waals surface area contributed by atoms with Crippen molar-refractivity contribution in [2.75, 3.05) is 0 Å². The van der Waals surface area contributed by atoms with E-state index in [9.17, 15) is 9.90 Å². The molecule has 0 amide bonds. The number of rotatable bonds is 0. The van der Waals surface area contributed by atoms with E-state index in [1.165, 1.54) is 22.3 Å². The molecule has 2 aromatic rings. The highest BCUT2D eigenvalue weighted by atomic mass is 17.2. The largest absolute Gasteiger partial charge is 0.360 e. The fourth-order valence-corrected chi connectivity index (χ4v) is 5.60. The van der Waals surface area contributed by atoms with E-state index < -0.39 is 11.4 Å². The third-order valence-corrected chi connectivity index (χ3v) is 6.74. The molecule has 0 radical (unpaired) electrons. The Kier molecular flexibility index (Phi) is 3.01. The van der Waals surface area contributed by atoms with Crippen molar-refractivity contribution in [1.82, 2.24) is 0 Å². The molecule has 1 N–H and O–H groups in total. The molecule has 1 heterocycles. The zero-order valence-corrected chi connectivity index (χ0v) is 14.9. The molecule has 0 saturated heterocycles. The van der Waals surface area contributed by atoms with Crippen LogP contribution < -0.4 is 0 Å². The Labute approximate surface area is 157 Å². The van der Waals surface area contributed by atoms with E-state index >= 15 is 0 Å². The topological polar surface area (TPSA) is 55.8 Å². The highest BCUT2D eigenvalue weighted by molar-refractivity contribution is 5.98. The Balaban J connectivity index is 1.59. The number of aliphatic hydroxyl groups is 1. The number of fused-ring (bicyclic) bond motifs is 1. The van der Waals surface area contributed by atoms with Crippen molar-refractivity contribution in [2.45, 2.75) is 48.9 Å². The Morgan fingerprint density at radius 3 is 2.22 bits per heavy atom. The number of carbonyl (C=O) groups is 1. The van der Waals surface area contributed by atoms with Gasteiger partial charge in [0.25, 0.3) is 0 Å². The lowest BCUT2D eigenvalue weighted by atomic mass is 9.56. The molecule has 1 fully saturated rings. The van der Waals surface area contributed by atoms with Gasteiger partial charge < -0.3 is 5.11 Å². The summed E-state index contributed by atoms with van der Waals surface area (Å²) in [5, 5.41) is 10.8. The predicted octanol–water partition coefficient (Wildman–Crippen LogP) is 3.74. The second-order valence-electron chi connectivity index (χ2n) is 8.19. The second kappa shape index (κ2) is 5.16. The molecule has 1 aliphatic heterocycles. The van der Waals surface area contributed by atoms with Gasteiger partial charge in [0, 0.05) is 24.7 Å². The number of ketones is 1. The van der Waals surface area contributed by atoms with Crippen LogP contribution in [0.3, 0.4) is 0 Å². The first-order valence-electron chi connectivity index (χ1n) is 9.65. The first kappa shape index (κ1) is 15.8. The van der Waals surface area contributed by atoms with Gasteiger partial charge in [0.2, 0.25) is 5.79 Å². The summed E-state index contributed by atoms with van der Waals surface area (Å²) in [6.07, 6.45) is 4.05. The van der Waals surface area contributed by atoms with Crippen LogP contribution in [0.5, 0.6) is 0 Å². The maximum Gasteiger partial charge on any atom is 0.228 e. The molecule has 4 nitrogen and oxygen atoms in total. The van der Waals surface area contributed by atoms with Crippen LogP contribution in [0.15, 0.2) is 60.2 Å². The van der Waals surface area contributed by atoms with Crippen molar-refractivity contribution in [3.8, 4) is 0 Å². The molecule has 7 rings (SSSR count). The van der Waals surface area contributed by atoms with Gasteiger partial charge >= 0.3 is 0 Å². The lowest BCUT2D eigenvalue weighted by Gasteiger charge is -2.54. The lowest BCUT2D eigenvalue weighted by molar-refractivity contribution is -0.455. The Bertz CT molecular complexity index is 961. The standard InChI is InChI=1S/C23H20O4/c24-20-10-5-11-23(25)19(20)13-22(26-27-23)12-18-14-6-1-3-8-16(14)21(22)17-9-4-2-7-15(17)18/h1-4,6-9,13,18,21,25H,5,10-12H2/t18?,21?,22-,23+/m0/s1. The van der Waals surface area contributed by atoms with Crippen LogP contribution in [0.4, 0.5) is 0 Å². The Hall–Kier alpha value is -2.27. The first-order chi connectivity index (χ1) is 13.1. The third kappa shape index (κ3) is 1.95. The number of carbonyl (C=O) groups excluding carboxylic acids is 1. The molecule has 4 heteroatoms. The average Bonchev–Trinajstić information content (AvgIpc) is 2.70. The van der Waals surface area contributed by atoms with Gasteiger partial charge in [-0.3, -0.25) is 4.79 Å². The smallest absolute Gasteiger partial charge is 0.228 e. The van der Waals surface area contributed by atoms with Gasteiger partial charge in [0.1, 0.15) is 5.60 Å². The zero-order chi connectivity index (χ0) is 18.2. The van der Waals surface area contributed by atoms with Gasteiger partial charge in [-0.05, 0) is 41.2 Å². The predicted molar refractivity (Wildman–Crippen MR) is 98.0 cm³/mol. The molecular weight excluding hydrogens is 340 g/mol. The van der Waals surface area contributed by atoms with Gasteiger partial charge in [0.15, 0.2) is 5.78 Å². The molecule has 136 valence electrons. The summed E-state index contributed by atoms with van der Waals surface area (Å²) in [5.41, 5.74) is 4.71. The Morgan fingerprint density at radius 2 is 1.56 bits per heavy atom. The van der Waals surface area contributed by atoms with Gasteiger partial charge in [-0.1, -0.05) is 48.5 Å². The summed E-state index contributed by atoms with van der Waals surface area (Å²) >= 11 is 0. The summed E-state index contributed by atoms with van der Waals surface area (Å²) in [7, 11) is 0. The molecule has 5 aliphatic rings. The van der Waals surface area contributed by atoms with Crippen molar-refractivity contribution >= 4 is 5.78 Å². The van der Waals surface area contributed by atoms with E-state index in [1.54, 1.807) is 0 Å². The van der Waals surface area contributed by atoms with Crippen LogP contribution in [0.1, 0.15) is 59.8 Å². The van der Waals surface area contributed by atoms with Gasteiger partial charge in [-0.2, -0.15) is 4.89 Å². The lowest BCUT2D eigenvalue weighted by Crippen LogP contribution is -2.55. The van der Waals surface area contributed by atoms with Crippen molar-refractivity contribution in [3.63, 3.8) is 0 Å². The van der Waals surface area contributed by atoms with Crippen molar-refractivity contribution in [2.24, 2.45) is 0 Å². The number of hydrogen-bond acceptors (Lipinski definition) is 4. The summed E-state index contributed by atoms with van der Waals surface area (Å²) in [6, 6.07) is 16.9. The summed E-state index contributed by atoms with van der Waals surface area (Å²) in [4.78, 5) is 24.2. The van der Waals surface area contributed by atoms with Crippen LogP contribution in [0.2, 0.25) is 0 Å². The Morgan fingerprint density at radius 1 is 0.926 bits per heavy atom. The van der Waals surface area contributed by atoms with Gasteiger partial charge in [-0.25, -0.2) is 4.89 Å². The van der Waals surface area contributed by atoms with E-state index in [-0.39, 0.29) is 17.6 Å². The second-order valence-corrected chi connectivity index (χ2v) is 8.19. The van der Waals surface area contributed by atoms with Gasteiger partial charge in [-0.15, -0.1) is 0 Å². The number of benzene rings is 2. The molecule has 2 atom stereocenters. The van der Waals surface area contributed by atoms with Crippen molar-refractivity contribution in [1.29, 1.82) is 0 Å². The van der Waals surface area contributed by atoms with Crippen LogP contribution in [-0.4, -0.2) is 22.3 Å². The normalized spacial score (nSPS) is 36.0. The van der Waals surface area contributed by atoms with E-state index in [1.807, 2.05) is 6.08 Å². The van der Waals surface area contributed by atoms with Crippen molar-refractivity contribution < 1.29 is 19.7 Å². The molecule has 1 spiro atoms. The van der Waals surface area contributed by atoms with E-state index in [2.05, 4.69) is 48.5 Å². The number of Topliss-reactive ketones (excluding diaryl/α,β-unsaturated/α-hetero) is 1. The molecule has 1 saturated carbocycles. The summed E-state index contributed by atoms with van der Waals surface area (Å²) in [5.74, 6) is -1.50. The highest BCUT2D eigenvalue weighted by Gasteiger charge is 2.58. The minimum Gasteiger partial charge on any atom is -0.360 e. The summed E-state index contributed by atoms with van der Waals surface area (Å²) in [6.45, 7) is 0. The van der Waals surface area contributed by atoms with Crippen LogP contribution in [0.25, 0.3) is 0 Å². The molecule has 2 aromatic carbocycles. The maximum atomic E-state index is 12.6. The molecular formula is C23H20O4. The third-order valence-electron chi connectivity index (χ3n) is 6.74. The monoisotopic (exact) mass is 360 g/mol. The minimum atomic E-state index is -1.60. The SMILES string of the molecule is O=C1CCC[C@@]2(O)OO[C@]3(C=C12)CC1c2ccccc2C3c2ccccc21. The van der Waals surface area contributed by atoms with E-state index in [4.69, 9.17) is 9.78 Å². The molecule has 0 unspecified atom stereocenters. The van der Waals surface area contributed by atoms with E-state index in [0.29, 0.717) is 31.3 Å². The average molecular weight is 360 g/mol. The van der Waals surface area contributed by atoms with Crippen molar-refractivity contribution in [3.05, 3.63) is 82.4 Å². The quantitative estimate of drug-likeness (QED) is 0.727. The molecule has 4 aliphatic carbocycles.